The van der Waals surface area contributed by atoms with Gasteiger partial charge in [0.1, 0.15) is 11.4 Å². The summed E-state index contributed by atoms with van der Waals surface area (Å²) in [7, 11) is 0. The van der Waals surface area contributed by atoms with Crippen LogP contribution in [0, 0.1) is 12.7 Å². The van der Waals surface area contributed by atoms with Crippen LogP contribution in [0.25, 0.3) is 22.0 Å². The number of aromatic nitrogens is 1. The molecule has 1 aromatic heterocycles. The highest BCUT2D eigenvalue weighted by Crippen LogP contribution is 2.36. The molecule has 0 aliphatic carbocycles. The Hall–Kier alpha value is -2.46. The summed E-state index contributed by atoms with van der Waals surface area (Å²) in [6.07, 6.45) is 0. The third-order valence-electron chi connectivity index (χ3n) is 3.87. The predicted octanol–water partition coefficient (Wildman–Crippen LogP) is 5.96. The second-order valence-corrected chi connectivity index (χ2v) is 7.53. The Morgan fingerprint density at radius 2 is 1.85 bits per heavy atom. The lowest BCUT2D eigenvalue weighted by Crippen LogP contribution is -2.25. The fourth-order valence-corrected chi connectivity index (χ4v) is 3.05. The number of fused-ring (bicyclic) bond motifs is 1. The van der Waals surface area contributed by atoms with E-state index in [-0.39, 0.29) is 5.56 Å². The summed E-state index contributed by atoms with van der Waals surface area (Å²) in [5.74, 6) is -0.966. The highest BCUT2D eigenvalue weighted by atomic mass is 35.5. The number of pyridine rings is 1. The third-order valence-corrected chi connectivity index (χ3v) is 4.11. The Balaban J connectivity index is 2.40. The molecule has 134 valence electrons. The molecule has 3 aromatic rings. The van der Waals surface area contributed by atoms with Crippen molar-refractivity contribution >= 4 is 28.5 Å². The fourth-order valence-electron chi connectivity index (χ4n) is 2.88. The van der Waals surface area contributed by atoms with E-state index in [1.54, 1.807) is 64.1 Å². The lowest BCUT2D eigenvalue weighted by atomic mass is 9.94. The van der Waals surface area contributed by atoms with Crippen LogP contribution in [0.1, 0.15) is 36.8 Å². The number of halogens is 2. The molecular weight excluding hydrogens is 353 g/mol. The second-order valence-electron chi connectivity index (χ2n) is 7.09. The van der Waals surface area contributed by atoms with Gasteiger partial charge in [0.2, 0.25) is 0 Å². The standard InChI is InChI=1S/C21H19ClFNO2/c1-12-18(20(25)26-21(2,3)4)19(14-7-5-6-8-16(14)23)15-11-13(22)9-10-17(15)24-12/h5-11H,1-4H3. The van der Waals surface area contributed by atoms with Gasteiger partial charge in [0, 0.05) is 21.5 Å². The highest BCUT2D eigenvalue weighted by Gasteiger charge is 2.26. The van der Waals surface area contributed by atoms with Crippen LogP contribution in [0.2, 0.25) is 5.02 Å². The van der Waals surface area contributed by atoms with Crippen molar-refractivity contribution in [3.63, 3.8) is 0 Å². The number of hydrogen-bond acceptors (Lipinski definition) is 3. The number of nitrogens with zero attached hydrogens (tertiary/aromatic N) is 1. The van der Waals surface area contributed by atoms with Crippen molar-refractivity contribution in [2.75, 3.05) is 0 Å². The van der Waals surface area contributed by atoms with Gasteiger partial charge in [-0.3, -0.25) is 4.98 Å². The number of hydrogen-bond donors (Lipinski definition) is 0. The highest BCUT2D eigenvalue weighted by molar-refractivity contribution is 6.31. The number of carbonyl (C=O) groups excluding carboxylic acids is 1. The summed E-state index contributed by atoms with van der Waals surface area (Å²) in [4.78, 5) is 17.4. The lowest BCUT2D eigenvalue weighted by molar-refractivity contribution is 0.00694. The molecule has 0 aliphatic rings. The molecule has 3 nitrogen and oxygen atoms in total. The van der Waals surface area contributed by atoms with Gasteiger partial charge in [-0.15, -0.1) is 0 Å². The van der Waals surface area contributed by atoms with E-state index in [1.807, 2.05) is 0 Å². The van der Waals surface area contributed by atoms with Crippen LogP contribution in [-0.4, -0.2) is 16.6 Å². The smallest absolute Gasteiger partial charge is 0.341 e. The van der Waals surface area contributed by atoms with Gasteiger partial charge in [-0.05, 0) is 52.0 Å². The second kappa shape index (κ2) is 6.69. The first-order chi connectivity index (χ1) is 12.2. The van der Waals surface area contributed by atoms with Crippen molar-refractivity contribution in [2.45, 2.75) is 33.3 Å². The molecule has 5 heteroatoms. The third kappa shape index (κ3) is 3.56. The zero-order valence-corrected chi connectivity index (χ0v) is 15.8. The molecule has 0 N–H and O–H groups in total. The van der Waals surface area contributed by atoms with Crippen LogP contribution in [0.5, 0.6) is 0 Å². The van der Waals surface area contributed by atoms with Crippen molar-refractivity contribution < 1.29 is 13.9 Å². The number of rotatable bonds is 2. The quantitative estimate of drug-likeness (QED) is 0.522. The summed E-state index contributed by atoms with van der Waals surface area (Å²) in [5, 5.41) is 1.09. The largest absolute Gasteiger partial charge is 0.456 e. The summed E-state index contributed by atoms with van der Waals surface area (Å²) < 4.78 is 20.2. The monoisotopic (exact) mass is 371 g/mol. The Morgan fingerprint density at radius 1 is 1.15 bits per heavy atom. The van der Waals surface area contributed by atoms with Gasteiger partial charge >= 0.3 is 5.97 Å². The molecule has 26 heavy (non-hydrogen) atoms. The van der Waals surface area contributed by atoms with E-state index in [4.69, 9.17) is 16.3 Å². The Morgan fingerprint density at radius 3 is 2.50 bits per heavy atom. The van der Waals surface area contributed by atoms with Crippen LogP contribution < -0.4 is 0 Å². The normalized spacial score (nSPS) is 11.6. The van der Waals surface area contributed by atoms with Crippen LogP contribution in [0.3, 0.4) is 0 Å². The minimum atomic E-state index is -0.681. The summed E-state index contributed by atoms with van der Waals surface area (Å²) in [5.41, 5.74) is 1.44. The van der Waals surface area contributed by atoms with Crippen molar-refractivity contribution in [1.82, 2.24) is 4.98 Å². The van der Waals surface area contributed by atoms with E-state index in [0.29, 0.717) is 32.7 Å². The number of aryl methyl sites for hydroxylation is 1. The van der Waals surface area contributed by atoms with Crippen molar-refractivity contribution in [3.05, 3.63) is 64.6 Å². The molecule has 0 saturated heterocycles. The molecular formula is C21H19ClFNO2. The van der Waals surface area contributed by atoms with Gasteiger partial charge in [-0.25, -0.2) is 9.18 Å². The Bertz CT molecular complexity index is 1010. The molecule has 2 aromatic carbocycles. The summed E-state index contributed by atoms with van der Waals surface area (Å²) >= 11 is 6.16. The topological polar surface area (TPSA) is 39.2 Å². The Kier molecular flexibility index (Phi) is 4.72. The molecule has 3 rings (SSSR count). The predicted molar refractivity (Wildman–Crippen MR) is 102 cm³/mol. The average Bonchev–Trinajstić information content (AvgIpc) is 2.53. The molecule has 0 amide bonds. The molecule has 0 unspecified atom stereocenters. The van der Waals surface area contributed by atoms with Crippen LogP contribution in [0.4, 0.5) is 4.39 Å². The van der Waals surface area contributed by atoms with Gasteiger partial charge in [0.25, 0.3) is 0 Å². The SMILES string of the molecule is Cc1nc2ccc(Cl)cc2c(-c2ccccc2F)c1C(=O)OC(C)(C)C. The first kappa shape index (κ1) is 18.3. The fraction of sp³-hybridized carbons (Fsp3) is 0.238. The number of benzene rings is 2. The molecule has 0 atom stereocenters. The molecule has 0 saturated carbocycles. The maximum atomic E-state index is 14.6. The zero-order valence-electron chi connectivity index (χ0n) is 15.1. The molecule has 0 bridgehead atoms. The van der Waals surface area contributed by atoms with Crippen LogP contribution >= 0.6 is 11.6 Å². The molecule has 0 fully saturated rings. The molecule has 0 spiro atoms. The van der Waals surface area contributed by atoms with E-state index in [9.17, 15) is 9.18 Å². The summed E-state index contributed by atoms with van der Waals surface area (Å²) in [6.45, 7) is 7.08. The van der Waals surface area contributed by atoms with Crippen LogP contribution in [0.15, 0.2) is 42.5 Å². The van der Waals surface area contributed by atoms with E-state index in [0.717, 1.165) is 0 Å². The van der Waals surface area contributed by atoms with Gasteiger partial charge < -0.3 is 4.74 Å². The number of carbonyl (C=O) groups is 1. The van der Waals surface area contributed by atoms with Gasteiger partial charge in [0.05, 0.1) is 16.8 Å². The average molecular weight is 372 g/mol. The zero-order chi connectivity index (χ0) is 19.1. The Labute approximate surface area is 156 Å². The van der Waals surface area contributed by atoms with Gasteiger partial charge in [-0.2, -0.15) is 0 Å². The molecule has 0 radical (unpaired) electrons. The molecule has 1 heterocycles. The van der Waals surface area contributed by atoms with E-state index >= 15 is 0 Å². The van der Waals surface area contributed by atoms with Crippen molar-refractivity contribution in [3.8, 4) is 11.1 Å². The van der Waals surface area contributed by atoms with Crippen molar-refractivity contribution in [1.29, 1.82) is 0 Å². The van der Waals surface area contributed by atoms with E-state index < -0.39 is 17.4 Å². The maximum Gasteiger partial charge on any atom is 0.341 e. The van der Waals surface area contributed by atoms with E-state index in [1.165, 1.54) is 6.07 Å². The van der Waals surface area contributed by atoms with Gasteiger partial charge in [-0.1, -0.05) is 29.8 Å². The number of esters is 1. The van der Waals surface area contributed by atoms with Gasteiger partial charge in [0.15, 0.2) is 0 Å². The van der Waals surface area contributed by atoms with Crippen molar-refractivity contribution in [2.24, 2.45) is 0 Å². The first-order valence-corrected chi connectivity index (χ1v) is 8.63. The maximum absolute atomic E-state index is 14.6. The lowest BCUT2D eigenvalue weighted by Gasteiger charge is -2.22. The van der Waals surface area contributed by atoms with E-state index in [2.05, 4.69) is 4.98 Å². The summed E-state index contributed by atoms with van der Waals surface area (Å²) in [6, 6.07) is 11.5. The minimum Gasteiger partial charge on any atom is -0.456 e. The van der Waals surface area contributed by atoms with Crippen LogP contribution in [-0.2, 0) is 4.74 Å². The minimum absolute atomic E-state index is 0.250. The molecule has 0 aliphatic heterocycles. The number of ether oxygens (including phenoxy) is 1. The first-order valence-electron chi connectivity index (χ1n) is 8.25.